The molecule has 1 heterocycles. The quantitative estimate of drug-likeness (QED) is 0.675. The van der Waals surface area contributed by atoms with Crippen molar-refractivity contribution in [3.8, 4) is 0 Å². The highest BCUT2D eigenvalue weighted by atomic mass is 19.4. The summed E-state index contributed by atoms with van der Waals surface area (Å²) >= 11 is 0. The van der Waals surface area contributed by atoms with Crippen LogP contribution in [0.2, 0.25) is 0 Å². The summed E-state index contributed by atoms with van der Waals surface area (Å²) in [5.41, 5.74) is -8.68. The molecule has 0 aromatic carbocycles. The molecule has 1 aromatic rings. The van der Waals surface area contributed by atoms with Crippen molar-refractivity contribution in [2.24, 2.45) is 0 Å². The van der Waals surface area contributed by atoms with Crippen molar-refractivity contribution in [3.05, 3.63) is 32.1 Å². The van der Waals surface area contributed by atoms with Gasteiger partial charge < -0.3 is 4.98 Å². The molecule has 0 saturated heterocycles. The van der Waals surface area contributed by atoms with Crippen LogP contribution in [-0.4, -0.2) is 9.97 Å². The molecule has 0 aliphatic carbocycles. The molecule has 0 bridgehead atoms. The fourth-order valence-corrected chi connectivity index (χ4v) is 0.970. The Morgan fingerprint density at radius 3 is 1.69 bits per heavy atom. The number of rotatable bonds is 0. The third kappa shape index (κ3) is 2.25. The summed E-state index contributed by atoms with van der Waals surface area (Å²) in [5.74, 6) is 0. The van der Waals surface area contributed by atoms with Gasteiger partial charge in [0, 0.05) is 0 Å². The maximum Gasteiger partial charge on any atom is 0.432 e. The molecule has 0 fully saturated rings. The Hall–Kier alpha value is -1.74. The Morgan fingerprint density at radius 2 is 1.31 bits per heavy atom. The van der Waals surface area contributed by atoms with Gasteiger partial charge in [0.05, 0.1) is 0 Å². The fraction of sp³-hybridized carbons (Fsp3) is 0.333. The van der Waals surface area contributed by atoms with E-state index in [0.717, 1.165) is 9.97 Å². The minimum Gasteiger partial charge on any atom is -0.303 e. The van der Waals surface area contributed by atoms with Crippen LogP contribution < -0.4 is 11.2 Å². The van der Waals surface area contributed by atoms with E-state index in [-0.39, 0.29) is 0 Å². The first kappa shape index (κ1) is 12.3. The lowest BCUT2D eigenvalue weighted by atomic mass is 10.2. The molecule has 0 aliphatic rings. The van der Waals surface area contributed by atoms with E-state index in [1.54, 1.807) is 0 Å². The lowest BCUT2D eigenvalue weighted by Crippen LogP contribution is -2.35. The molecule has 16 heavy (non-hydrogen) atoms. The third-order valence-electron chi connectivity index (χ3n) is 1.51. The average Bonchev–Trinajstić information content (AvgIpc) is 1.97. The number of H-pyrrole nitrogens is 2. The second-order valence-corrected chi connectivity index (χ2v) is 2.65. The van der Waals surface area contributed by atoms with E-state index < -0.39 is 34.9 Å². The van der Waals surface area contributed by atoms with Gasteiger partial charge in [0.2, 0.25) is 0 Å². The maximum atomic E-state index is 12.1. The smallest absolute Gasteiger partial charge is 0.303 e. The standard InChI is InChI=1S/C6H2F6N2O2/c7-5(8,9)1-2(6(10,11)12)13-4(16)14-3(1)15/h(H2,13,14,15,16). The van der Waals surface area contributed by atoms with E-state index >= 15 is 0 Å². The highest BCUT2D eigenvalue weighted by Gasteiger charge is 2.46. The monoisotopic (exact) mass is 248 g/mol. The first-order valence-corrected chi connectivity index (χ1v) is 3.54. The molecule has 0 spiro atoms. The Balaban J connectivity index is 3.72. The van der Waals surface area contributed by atoms with Gasteiger partial charge in [-0.2, -0.15) is 26.3 Å². The summed E-state index contributed by atoms with van der Waals surface area (Å²) in [6.45, 7) is 0. The molecule has 0 amide bonds. The zero-order chi connectivity index (χ0) is 12.7. The minimum absolute atomic E-state index is 0.907. The number of hydrogen-bond acceptors (Lipinski definition) is 2. The fourth-order valence-electron chi connectivity index (χ4n) is 0.970. The molecule has 1 aromatic heterocycles. The number of halogens is 6. The molecule has 1 rings (SSSR count). The number of hydrogen-bond donors (Lipinski definition) is 2. The van der Waals surface area contributed by atoms with Crippen LogP contribution in [0.5, 0.6) is 0 Å². The van der Waals surface area contributed by atoms with Crippen LogP contribution in [0.3, 0.4) is 0 Å². The predicted octanol–water partition coefficient (Wildman–Crippen LogP) is 1.10. The van der Waals surface area contributed by atoms with E-state index in [0.29, 0.717) is 0 Å². The topological polar surface area (TPSA) is 65.7 Å². The number of alkyl halides is 6. The van der Waals surface area contributed by atoms with E-state index in [4.69, 9.17) is 0 Å². The largest absolute Gasteiger partial charge is 0.432 e. The van der Waals surface area contributed by atoms with Crippen LogP contribution in [0.25, 0.3) is 0 Å². The number of aromatic amines is 2. The first-order chi connectivity index (χ1) is 7.03. The van der Waals surface area contributed by atoms with Crippen molar-refractivity contribution in [2.75, 3.05) is 0 Å². The Kier molecular flexibility index (Phi) is 2.61. The van der Waals surface area contributed by atoms with Crippen LogP contribution in [-0.2, 0) is 12.4 Å². The van der Waals surface area contributed by atoms with Crippen LogP contribution in [0.4, 0.5) is 26.3 Å². The zero-order valence-electron chi connectivity index (χ0n) is 7.08. The lowest BCUT2D eigenvalue weighted by Gasteiger charge is -2.12. The van der Waals surface area contributed by atoms with Gasteiger partial charge in [-0.05, 0) is 0 Å². The van der Waals surface area contributed by atoms with Crippen molar-refractivity contribution in [3.63, 3.8) is 0 Å². The second kappa shape index (κ2) is 3.39. The van der Waals surface area contributed by atoms with Crippen molar-refractivity contribution < 1.29 is 26.3 Å². The van der Waals surface area contributed by atoms with Crippen LogP contribution in [0, 0.1) is 0 Å². The summed E-state index contributed by atoms with van der Waals surface area (Å²) < 4.78 is 72.7. The Morgan fingerprint density at radius 1 is 0.812 bits per heavy atom. The van der Waals surface area contributed by atoms with Crippen molar-refractivity contribution in [1.82, 2.24) is 9.97 Å². The zero-order valence-corrected chi connectivity index (χ0v) is 7.08. The molecule has 0 radical (unpaired) electrons. The molecule has 0 aliphatic heterocycles. The summed E-state index contributed by atoms with van der Waals surface area (Å²) in [6.07, 6.45) is -11.0. The number of aromatic nitrogens is 2. The molecular weight excluding hydrogens is 246 g/mol. The Bertz CT molecular complexity index is 507. The maximum absolute atomic E-state index is 12.1. The van der Waals surface area contributed by atoms with Gasteiger partial charge in [0.1, 0.15) is 11.3 Å². The molecule has 0 saturated carbocycles. The number of nitrogens with one attached hydrogen (secondary N) is 2. The van der Waals surface area contributed by atoms with Gasteiger partial charge in [-0.3, -0.25) is 9.78 Å². The normalized spacial score (nSPS) is 12.9. The van der Waals surface area contributed by atoms with Crippen LogP contribution >= 0.6 is 0 Å². The predicted molar refractivity (Wildman–Crippen MR) is 37.7 cm³/mol. The van der Waals surface area contributed by atoms with Gasteiger partial charge in [-0.25, -0.2) is 4.79 Å². The third-order valence-corrected chi connectivity index (χ3v) is 1.51. The molecule has 10 heteroatoms. The van der Waals surface area contributed by atoms with Gasteiger partial charge in [-0.15, -0.1) is 0 Å². The average molecular weight is 248 g/mol. The van der Waals surface area contributed by atoms with E-state index in [1.165, 1.54) is 0 Å². The molecule has 0 unspecified atom stereocenters. The van der Waals surface area contributed by atoms with Gasteiger partial charge >= 0.3 is 18.0 Å². The summed E-state index contributed by atoms with van der Waals surface area (Å²) in [4.78, 5) is 23.1. The molecule has 0 atom stereocenters. The minimum atomic E-state index is -5.51. The molecule has 2 N–H and O–H groups in total. The van der Waals surface area contributed by atoms with Crippen LogP contribution in [0.15, 0.2) is 9.59 Å². The molecular formula is C6H2F6N2O2. The second-order valence-electron chi connectivity index (χ2n) is 2.65. The van der Waals surface area contributed by atoms with Gasteiger partial charge in [0.25, 0.3) is 5.56 Å². The van der Waals surface area contributed by atoms with Crippen molar-refractivity contribution >= 4 is 0 Å². The molecule has 4 nitrogen and oxygen atoms in total. The first-order valence-electron chi connectivity index (χ1n) is 3.54. The SMILES string of the molecule is O=c1[nH]c(C(F)(F)F)c(C(F)(F)F)c(=O)[nH]1. The van der Waals surface area contributed by atoms with Gasteiger partial charge in [-0.1, -0.05) is 0 Å². The Labute approximate surface area is 81.9 Å². The highest BCUT2D eigenvalue weighted by Crippen LogP contribution is 2.36. The molecule has 90 valence electrons. The van der Waals surface area contributed by atoms with E-state index in [9.17, 15) is 35.9 Å². The highest BCUT2D eigenvalue weighted by molar-refractivity contribution is 5.22. The van der Waals surface area contributed by atoms with Gasteiger partial charge in [0.15, 0.2) is 0 Å². The lowest BCUT2D eigenvalue weighted by molar-refractivity contribution is -0.165. The summed E-state index contributed by atoms with van der Waals surface area (Å²) in [5, 5.41) is 0. The van der Waals surface area contributed by atoms with Crippen molar-refractivity contribution in [2.45, 2.75) is 12.4 Å². The van der Waals surface area contributed by atoms with E-state index in [1.807, 2.05) is 0 Å². The summed E-state index contributed by atoms with van der Waals surface area (Å²) in [7, 11) is 0. The van der Waals surface area contributed by atoms with E-state index in [2.05, 4.69) is 0 Å². The van der Waals surface area contributed by atoms with Crippen LogP contribution in [0.1, 0.15) is 11.3 Å². The summed E-state index contributed by atoms with van der Waals surface area (Å²) in [6, 6.07) is 0. The van der Waals surface area contributed by atoms with Crippen molar-refractivity contribution in [1.29, 1.82) is 0 Å².